The lowest BCUT2D eigenvalue weighted by Gasteiger charge is -2.31. The van der Waals surface area contributed by atoms with Gasteiger partial charge >= 0.3 is 0 Å². The molecule has 200 valence electrons. The molecule has 0 saturated carbocycles. The Bertz CT molecular complexity index is 1450. The van der Waals surface area contributed by atoms with Crippen LogP contribution in [0.4, 0.5) is 14.5 Å². The number of amides is 2. The van der Waals surface area contributed by atoms with Gasteiger partial charge in [-0.25, -0.2) is 8.78 Å². The minimum atomic E-state index is -3.20. The molecule has 2 saturated heterocycles. The van der Waals surface area contributed by atoms with E-state index in [1.807, 2.05) is 0 Å². The van der Waals surface area contributed by atoms with Gasteiger partial charge in [0.25, 0.3) is 17.7 Å². The Morgan fingerprint density at radius 1 is 1.11 bits per heavy atom. The molecule has 1 atom stereocenters. The first-order chi connectivity index (χ1) is 18.1. The van der Waals surface area contributed by atoms with Crippen LogP contribution in [0.25, 0.3) is 10.9 Å². The number of H-pyrrole nitrogens is 1. The van der Waals surface area contributed by atoms with Crippen molar-refractivity contribution in [3.8, 4) is 0 Å². The zero-order chi connectivity index (χ0) is 27.0. The van der Waals surface area contributed by atoms with Crippen LogP contribution in [0.2, 0.25) is 0 Å². The number of carbonyl (C=O) groups excluding carboxylic acids is 2. The molecule has 3 aromatic rings. The van der Waals surface area contributed by atoms with Crippen LogP contribution < -0.4 is 15.8 Å². The summed E-state index contributed by atoms with van der Waals surface area (Å²) in [6.45, 7) is 2.96. The number of aromatic nitrogens is 1. The van der Waals surface area contributed by atoms with Gasteiger partial charge in [-0.1, -0.05) is 34.1 Å². The van der Waals surface area contributed by atoms with Crippen LogP contribution in [0.3, 0.4) is 0 Å². The zero-order valence-electron chi connectivity index (χ0n) is 20.7. The molecule has 38 heavy (non-hydrogen) atoms. The molecule has 11 heteroatoms. The van der Waals surface area contributed by atoms with Crippen LogP contribution >= 0.6 is 15.9 Å². The molecule has 2 aromatic carbocycles. The third-order valence-corrected chi connectivity index (χ3v) is 7.37. The van der Waals surface area contributed by atoms with E-state index in [4.69, 9.17) is 4.74 Å². The first-order valence-electron chi connectivity index (χ1n) is 12.4. The topological polar surface area (TPSA) is 94.7 Å². The molecular formula is C27H27BrF2N4O4. The van der Waals surface area contributed by atoms with Crippen molar-refractivity contribution < 1.29 is 23.1 Å². The van der Waals surface area contributed by atoms with Gasteiger partial charge < -0.3 is 24.8 Å². The molecule has 2 fully saturated rings. The summed E-state index contributed by atoms with van der Waals surface area (Å²) in [6.07, 6.45) is 0.489. The molecule has 2 aliphatic heterocycles. The van der Waals surface area contributed by atoms with Crippen LogP contribution in [0.15, 0.2) is 51.7 Å². The number of hydrogen-bond acceptors (Lipinski definition) is 5. The summed E-state index contributed by atoms with van der Waals surface area (Å²) in [5.74, 6) is -3.96. The van der Waals surface area contributed by atoms with Crippen LogP contribution in [-0.2, 0) is 10.7 Å². The Morgan fingerprint density at radius 2 is 1.84 bits per heavy atom. The van der Waals surface area contributed by atoms with Crippen molar-refractivity contribution in [2.75, 3.05) is 44.3 Å². The van der Waals surface area contributed by atoms with Gasteiger partial charge in [-0.3, -0.25) is 14.4 Å². The molecule has 1 aromatic heterocycles. The number of benzene rings is 2. The van der Waals surface area contributed by atoms with Crippen LogP contribution in [-0.4, -0.2) is 67.1 Å². The fourth-order valence-corrected chi connectivity index (χ4v) is 5.57. The lowest BCUT2D eigenvalue weighted by atomic mass is 10.00. The second-order valence-corrected chi connectivity index (χ2v) is 10.6. The molecule has 5 rings (SSSR count). The molecule has 0 bridgehead atoms. The maximum atomic E-state index is 14.9. The highest BCUT2D eigenvalue weighted by Gasteiger charge is 2.37. The number of rotatable bonds is 5. The number of alkyl halides is 2. The molecular weight excluding hydrogens is 562 g/mol. The average molecular weight is 589 g/mol. The van der Waals surface area contributed by atoms with E-state index in [-0.39, 0.29) is 40.9 Å². The predicted octanol–water partition coefficient (Wildman–Crippen LogP) is 3.88. The highest BCUT2D eigenvalue weighted by atomic mass is 79.9. The number of para-hydroxylation sites is 1. The standard InChI is InChI=1S/C27H27BrF2N4O4/c1-27(29,30)21-13-16(28)12-20(26(37)33-8-10-38-11-9-33)24(21)34-7-6-17(15-34)31-25(36)19-14-23(35)32-22-5-3-2-4-18(19)22/h2-5,12-14,17H,6-11,15H2,1H3,(H,31,36)(H,32,35)/t17-/m1/s1. The first-order valence-corrected chi connectivity index (χ1v) is 13.2. The Hall–Kier alpha value is -3.31. The third-order valence-electron chi connectivity index (χ3n) is 6.91. The number of ether oxygens (including phenoxy) is 1. The number of fused-ring (bicyclic) bond motifs is 1. The lowest BCUT2D eigenvalue weighted by molar-refractivity contribution is 0.0176. The Labute approximate surface area is 226 Å². The second-order valence-electron chi connectivity index (χ2n) is 9.64. The third kappa shape index (κ3) is 5.30. The summed E-state index contributed by atoms with van der Waals surface area (Å²) in [7, 11) is 0. The summed E-state index contributed by atoms with van der Waals surface area (Å²) in [5, 5.41) is 3.56. The van der Waals surface area contributed by atoms with Gasteiger partial charge in [-0.15, -0.1) is 0 Å². The number of carbonyl (C=O) groups is 2. The first kappa shape index (κ1) is 26.3. The van der Waals surface area contributed by atoms with Gasteiger partial charge in [0, 0.05) is 66.2 Å². The van der Waals surface area contributed by atoms with E-state index in [9.17, 15) is 23.2 Å². The van der Waals surface area contributed by atoms with Gasteiger partial charge in [0.15, 0.2) is 0 Å². The number of anilines is 1. The number of nitrogens with zero attached hydrogens (tertiary/aromatic N) is 2. The number of hydrogen-bond donors (Lipinski definition) is 2. The van der Waals surface area contributed by atoms with Crippen LogP contribution in [0, 0.1) is 0 Å². The van der Waals surface area contributed by atoms with E-state index in [0.717, 1.165) is 6.92 Å². The minimum absolute atomic E-state index is 0.176. The van der Waals surface area contributed by atoms with E-state index >= 15 is 0 Å². The van der Waals surface area contributed by atoms with Crippen LogP contribution in [0.5, 0.6) is 0 Å². The molecule has 0 radical (unpaired) electrons. The zero-order valence-corrected chi connectivity index (χ0v) is 22.3. The highest BCUT2D eigenvalue weighted by molar-refractivity contribution is 9.10. The summed E-state index contributed by atoms with van der Waals surface area (Å²) >= 11 is 3.30. The van der Waals surface area contributed by atoms with Crippen molar-refractivity contribution in [2.45, 2.75) is 25.3 Å². The molecule has 3 heterocycles. The SMILES string of the molecule is CC(F)(F)c1cc(Br)cc(C(=O)N2CCOCC2)c1N1CC[C@@H](NC(=O)c2cc(=O)[nH]c3ccccc23)C1. The van der Waals surface area contributed by atoms with Crippen molar-refractivity contribution in [3.05, 3.63) is 74.0 Å². The molecule has 2 N–H and O–H groups in total. The quantitative estimate of drug-likeness (QED) is 0.471. The maximum absolute atomic E-state index is 14.9. The Kier molecular flexibility index (Phi) is 7.23. The van der Waals surface area contributed by atoms with Crippen molar-refractivity contribution in [1.82, 2.24) is 15.2 Å². The lowest BCUT2D eigenvalue weighted by Crippen LogP contribution is -2.42. The van der Waals surface area contributed by atoms with Gasteiger partial charge in [-0.2, -0.15) is 0 Å². The van der Waals surface area contributed by atoms with E-state index < -0.39 is 17.4 Å². The molecule has 0 spiro atoms. The molecule has 8 nitrogen and oxygen atoms in total. The molecule has 2 aliphatic rings. The maximum Gasteiger partial charge on any atom is 0.272 e. The largest absolute Gasteiger partial charge is 0.378 e. The molecule has 0 aliphatic carbocycles. The van der Waals surface area contributed by atoms with Gasteiger partial charge in [0.2, 0.25) is 5.56 Å². The fraction of sp³-hybridized carbons (Fsp3) is 0.370. The van der Waals surface area contributed by atoms with Crippen molar-refractivity contribution in [2.24, 2.45) is 0 Å². The van der Waals surface area contributed by atoms with Crippen molar-refractivity contribution in [1.29, 1.82) is 0 Å². The average Bonchev–Trinajstić information content (AvgIpc) is 3.35. The number of pyridine rings is 1. The fourth-order valence-electron chi connectivity index (χ4n) is 5.11. The number of nitrogens with one attached hydrogen (secondary N) is 2. The summed E-state index contributed by atoms with van der Waals surface area (Å²) in [4.78, 5) is 44.8. The smallest absolute Gasteiger partial charge is 0.272 e. The predicted molar refractivity (Wildman–Crippen MR) is 143 cm³/mol. The van der Waals surface area contributed by atoms with Gasteiger partial charge in [0.05, 0.1) is 30.0 Å². The second kappa shape index (κ2) is 10.5. The number of morpholine rings is 1. The van der Waals surface area contributed by atoms with Gasteiger partial charge in [0.1, 0.15) is 0 Å². The minimum Gasteiger partial charge on any atom is -0.378 e. The van der Waals surface area contributed by atoms with Crippen molar-refractivity contribution in [3.63, 3.8) is 0 Å². The van der Waals surface area contributed by atoms with E-state index in [0.29, 0.717) is 54.6 Å². The monoisotopic (exact) mass is 588 g/mol. The van der Waals surface area contributed by atoms with Crippen molar-refractivity contribution >= 4 is 44.3 Å². The molecule has 2 amide bonds. The Morgan fingerprint density at radius 3 is 2.58 bits per heavy atom. The Balaban J connectivity index is 1.44. The molecule has 0 unspecified atom stereocenters. The summed E-state index contributed by atoms with van der Waals surface area (Å²) < 4.78 is 35.4. The highest BCUT2D eigenvalue weighted by Crippen LogP contribution is 2.41. The summed E-state index contributed by atoms with van der Waals surface area (Å²) in [6, 6.07) is 10.8. The summed E-state index contributed by atoms with van der Waals surface area (Å²) in [5.41, 5.74) is 0.513. The number of halogens is 3. The van der Waals surface area contributed by atoms with Gasteiger partial charge in [-0.05, 0) is 24.6 Å². The van der Waals surface area contributed by atoms with E-state index in [1.54, 1.807) is 40.1 Å². The number of aromatic amines is 1. The van der Waals surface area contributed by atoms with Crippen LogP contribution in [0.1, 0.15) is 39.6 Å². The normalized spacial score (nSPS) is 18.2. The van der Waals surface area contributed by atoms with E-state index in [2.05, 4.69) is 26.2 Å². The van der Waals surface area contributed by atoms with E-state index in [1.165, 1.54) is 12.1 Å².